The predicted molar refractivity (Wildman–Crippen MR) is 81.4 cm³/mol. The molecule has 0 fully saturated rings. The molecule has 1 unspecified atom stereocenters. The number of fused-ring (bicyclic) bond motifs is 2. The lowest BCUT2D eigenvalue weighted by molar-refractivity contribution is -0.120. The number of carbonyl (C=O) groups is 1. The molecule has 1 atom stereocenters. The average Bonchev–Trinajstić information content (AvgIpc) is 3.14. The molecule has 0 saturated carbocycles. The number of carbonyl (C=O) groups excluding carboxylic acids is 1. The van der Waals surface area contributed by atoms with Gasteiger partial charge in [0.2, 0.25) is 5.91 Å². The number of hydrogen-bond donors (Lipinski definition) is 3. The van der Waals surface area contributed by atoms with Gasteiger partial charge in [-0.3, -0.25) is 9.89 Å². The molecule has 0 saturated heterocycles. The highest BCUT2D eigenvalue weighted by Crippen LogP contribution is 2.25. The van der Waals surface area contributed by atoms with Gasteiger partial charge in [-0.2, -0.15) is 20.5 Å². The summed E-state index contributed by atoms with van der Waals surface area (Å²) in [6.45, 7) is 2.01. The van der Waals surface area contributed by atoms with E-state index in [0.29, 0.717) is 6.42 Å². The number of hydrogen-bond acceptors (Lipinski definition) is 4. The number of aryl methyl sites for hydroxylation is 2. The summed E-state index contributed by atoms with van der Waals surface area (Å²) in [5.74, 6) is -0.0257. The summed E-state index contributed by atoms with van der Waals surface area (Å²) in [4.78, 5) is 12.5. The molecule has 2 aromatic heterocycles. The van der Waals surface area contributed by atoms with Crippen molar-refractivity contribution in [2.24, 2.45) is 5.92 Å². The van der Waals surface area contributed by atoms with Crippen molar-refractivity contribution < 1.29 is 4.79 Å². The van der Waals surface area contributed by atoms with Crippen molar-refractivity contribution in [2.75, 3.05) is 5.32 Å². The van der Waals surface area contributed by atoms with E-state index in [1.165, 1.54) is 0 Å². The second-order valence-corrected chi connectivity index (χ2v) is 5.77. The molecule has 1 amide bonds. The van der Waals surface area contributed by atoms with E-state index in [-0.39, 0.29) is 11.8 Å². The first-order valence-electron chi connectivity index (χ1n) is 7.34. The smallest absolute Gasteiger partial charge is 0.227 e. The van der Waals surface area contributed by atoms with Gasteiger partial charge < -0.3 is 5.32 Å². The van der Waals surface area contributed by atoms with E-state index < -0.39 is 0 Å². The first-order chi connectivity index (χ1) is 10.7. The summed E-state index contributed by atoms with van der Waals surface area (Å²) in [6, 6.07) is 3.89. The van der Waals surface area contributed by atoms with E-state index in [1.54, 1.807) is 6.20 Å². The van der Waals surface area contributed by atoms with E-state index in [1.807, 2.05) is 19.1 Å². The van der Waals surface area contributed by atoms with Crippen molar-refractivity contribution in [3.05, 3.63) is 35.3 Å². The minimum Gasteiger partial charge on any atom is -0.326 e. The molecule has 1 aromatic carbocycles. The maximum Gasteiger partial charge on any atom is 0.227 e. The SMILES string of the molecule is Cc1cc(NC(=O)C2CCc3n[nH]nc3C2)cc2[nH]ncc12. The molecule has 22 heavy (non-hydrogen) atoms. The van der Waals surface area contributed by atoms with E-state index in [2.05, 4.69) is 30.9 Å². The van der Waals surface area contributed by atoms with Crippen LogP contribution in [0.5, 0.6) is 0 Å². The molecule has 7 nitrogen and oxygen atoms in total. The summed E-state index contributed by atoms with van der Waals surface area (Å²) in [7, 11) is 0. The Morgan fingerprint density at radius 3 is 3.09 bits per heavy atom. The van der Waals surface area contributed by atoms with Gasteiger partial charge in [0.1, 0.15) is 0 Å². The zero-order valence-electron chi connectivity index (χ0n) is 12.2. The second-order valence-electron chi connectivity index (χ2n) is 5.77. The Bertz CT molecular complexity index is 849. The first-order valence-corrected chi connectivity index (χ1v) is 7.34. The fraction of sp³-hybridized carbons (Fsp3) is 0.333. The molecule has 1 aliphatic carbocycles. The van der Waals surface area contributed by atoms with E-state index >= 15 is 0 Å². The number of anilines is 1. The largest absolute Gasteiger partial charge is 0.326 e. The predicted octanol–water partition coefficient (Wildman–Crippen LogP) is 1.73. The molecule has 0 bridgehead atoms. The average molecular weight is 296 g/mol. The third-order valence-corrected chi connectivity index (χ3v) is 4.28. The quantitative estimate of drug-likeness (QED) is 0.670. The number of benzene rings is 1. The zero-order valence-corrected chi connectivity index (χ0v) is 12.2. The van der Waals surface area contributed by atoms with Crippen molar-refractivity contribution >= 4 is 22.5 Å². The van der Waals surface area contributed by atoms with Gasteiger partial charge >= 0.3 is 0 Å². The molecule has 3 aromatic rings. The molecular formula is C15H16N6O. The minimum absolute atomic E-state index is 0.0342. The van der Waals surface area contributed by atoms with Crippen LogP contribution in [0, 0.1) is 12.8 Å². The summed E-state index contributed by atoms with van der Waals surface area (Å²) in [6.07, 6.45) is 4.03. The maximum atomic E-state index is 12.5. The van der Waals surface area contributed by atoms with Gasteiger partial charge in [0.15, 0.2) is 0 Å². The van der Waals surface area contributed by atoms with Crippen LogP contribution in [-0.2, 0) is 17.6 Å². The summed E-state index contributed by atoms with van der Waals surface area (Å²) in [5, 5.41) is 21.9. The summed E-state index contributed by atoms with van der Waals surface area (Å²) < 4.78 is 0. The summed E-state index contributed by atoms with van der Waals surface area (Å²) >= 11 is 0. The van der Waals surface area contributed by atoms with Crippen LogP contribution in [0.15, 0.2) is 18.3 Å². The van der Waals surface area contributed by atoms with Crippen LogP contribution in [0.1, 0.15) is 23.4 Å². The van der Waals surface area contributed by atoms with Crippen molar-refractivity contribution in [1.29, 1.82) is 0 Å². The molecular weight excluding hydrogens is 280 g/mol. The van der Waals surface area contributed by atoms with Crippen LogP contribution < -0.4 is 5.32 Å². The van der Waals surface area contributed by atoms with Crippen LogP contribution in [0.4, 0.5) is 5.69 Å². The Kier molecular flexibility index (Phi) is 2.92. The molecule has 0 spiro atoms. The van der Waals surface area contributed by atoms with Crippen molar-refractivity contribution in [3.63, 3.8) is 0 Å². The van der Waals surface area contributed by atoms with Crippen LogP contribution in [-0.4, -0.2) is 31.5 Å². The van der Waals surface area contributed by atoms with Gasteiger partial charge in [-0.25, -0.2) is 0 Å². The highest BCUT2D eigenvalue weighted by atomic mass is 16.1. The number of amides is 1. The lowest BCUT2D eigenvalue weighted by Crippen LogP contribution is -2.28. The van der Waals surface area contributed by atoms with Crippen molar-refractivity contribution in [3.8, 4) is 0 Å². The Balaban J connectivity index is 1.54. The van der Waals surface area contributed by atoms with Crippen LogP contribution in [0.3, 0.4) is 0 Å². The van der Waals surface area contributed by atoms with E-state index in [0.717, 1.165) is 46.4 Å². The molecule has 2 heterocycles. The summed E-state index contributed by atoms with van der Waals surface area (Å²) in [5.41, 5.74) is 4.71. The molecule has 3 N–H and O–H groups in total. The van der Waals surface area contributed by atoms with Gasteiger partial charge in [-0.15, -0.1) is 0 Å². The highest BCUT2D eigenvalue weighted by molar-refractivity contribution is 5.95. The zero-order chi connectivity index (χ0) is 15.1. The number of aromatic amines is 2. The molecule has 112 valence electrons. The van der Waals surface area contributed by atoms with Gasteiger partial charge in [-0.05, 0) is 37.5 Å². The number of nitrogens with zero attached hydrogens (tertiary/aromatic N) is 3. The third kappa shape index (κ3) is 2.14. The Morgan fingerprint density at radius 2 is 2.18 bits per heavy atom. The van der Waals surface area contributed by atoms with Crippen LogP contribution >= 0.6 is 0 Å². The van der Waals surface area contributed by atoms with Crippen molar-refractivity contribution in [2.45, 2.75) is 26.2 Å². The Labute approximate surface area is 126 Å². The minimum atomic E-state index is -0.0598. The molecule has 4 rings (SSSR count). The topological polar surface area (TPSA) is 99.4 Å². The molecule has 1 aliphatic rings. The van der Waals surface area contributed by atoms with Crippen LogP contribution in [0.2, 0.25) is 0 Å². The van der Waals surface area contributed by atoms with Crippen molar-refractivity contribution in [1.82, 2.24) is 25.6 Å². The van der Waals surface area contributed by atoms with E-state index in [4.69, 9.17) is 0 Å². The normalized spacial score (nSPS) is 17.4. The molecule has 0 radical (unpaired) electrons. The van der Waals surface area contributed by atoms with E-state index in [9.17, 15) is 4.79 Å². The lowest BCUT2D eigenvalue weighted by atomic mass is 9.89. The monoisotopic (exact) mass is 296 g/mol. The van der Waals surface area contributed by atoms with Crippen LogP contribution in [0.25, 0.3) is 10.9 Å². The number of rotatable bonds is 2. The van der Waals surface area contributed by atoms with Gasteiger partial charge in [-0.1, -0.05) is 0 Å². The van der Waals surface area contributed by atoms with Gasteiger partial charge in [0.05, 0.1) is 23.1 Å². The van der Waals surface area contributed by atoms with Gasteiger partial charge in [0, 0.05) is 23.4 Å². The second kappa shape index (κ2) is 4.94. The standard InChI is InChI=1S/C15H16N6O/c1-8-4-10(6-13-11(8)7-16-18-13)17-15(22)9-2-3-12-14(5-9)20-21-19-12/h4,6-7,9H,2-3,5H2,1H3,(H,16,18)(H,17,22)(H,19,20,21). The number of aromatic nitrogens is 5. The lowest BCUT2D eigenvalue weighted by Gasteiger charge is -2.19. The fourth-order valence-electron chi connectivity index (χ4n) is 3.05. The Hall–Kier alpha value is -2.70. The van der Waals surface area contributed by atoms with Gasteiger partial charge in [0.25, 0.3) is 0 Å². The molecule has 7 heteroatoms. The number of nitrogens with one attached hydrogen (secondary N) is 3. The maximum absolute atomic E-state index is 12.5. The highest BCUT2D eigenvalue weighted by Gasteiger charge is 2.27. The third-order valence-electron chi connectivity index (χ3n) is 4.28. The molecule has 0 aliphatic heterocycles. The fourth-order valence-corrected chi connectivity index (χ4v) is 3.05. The Morgan fingerprint density at radius 1 is 1.32 bits per heavy atom. The number of H-pyrrole nitrogens is 2. The first kappa shape index (κ1) is 13.0.